The van der Waals surface area contributed by atoms with Crippen molar-refractivity contribution >= 4 is 23.0 Å². The molecular formula is C25H27N3O3. The number of nitrogens with two attached hydrogens (primary N) is 1. The second-order valence-electron chi connectivity index (χ2n) is 7.90. The second kappa shape index (κ2) is 9.51. The van der Waals surface area contributed by atoms with Crippen LogP contribution in [0, 0.1) is 11.8 Å². The molecule has 2 atom stereocenters. The minimum absolute atomic E-state index is 0.0378. The van der Waals surface area contributed by atoms with Crippen molar-refractivity contribution in [1.82, 2.24) is 4.98 Å². The van der Waals surface area contributed by atoms with E-state index in [-0.39, 0.29) is 18.3 Å². The minimum atomic E-state index is -0.805. The van der Waals surface area contributed by atoms with Crippen LogP contribution in [0.15, 0.2) is 72.7 Å². The average molecular weight is 418 g/mol. The number of fused-ring (bicyclic) bond motifs is 2. The molecule has 2 unspecified atom stereocenters. The van der Waals surface area contributed by atoms with Gasteiger partial charge in [-0.2, -0.15) is 0 Å². The fraction of sp³-hybridized carbons (Fsp3) is 0.280. The summed E-state index contributed by atoms with van der Waals surface area (Å²) in [6, 6.07) is 11.7. The molecule has 0 aliphatic heterocycles. The molecule has 0 amide bonds. The standard InChI is InChI=1S/C25H27N3O3/c26-21-8-10-28-24(16-21)27-9-3-11-31-22-7-6-17-12-20(15-25(29)30)23-5-2-1-4-18(23)13-19(17)14-22/h1-2,4-8,10,12,14,16-17,19H,3,9,11,13,15H2,(H,29,30)(H3,26,27,28). The van der Waals surface area contributed by atoms with Crippen LogP contribution in [0.4, 0.5) is 11.5 Å². The SMILES string of the molecule is Nc1ccnc(NCCCOC2=CC3Cc4ccccc4C(CC(=O)O)=CC3C=C2)c1. The molecular weight excluding hydrogens is 390 g/mol. The second-order valence-corrected chi connectivity index (χ2v) is 7.90. The third-order valence-electron chi connectivity index (χ3n) is 5.59. The van der Waals surface area contributed by atoms with Crippen molar-refractivity contribution in [2.75, 3.05) is 24.2 Å². The summed E-state index contributed by atoms with van der Waals surface area (Å²) in [5, 5.41) is 12.6. The number of ether oxygens (including phenoxy) is 1. The maximum Gasteiger partial charge on any atom is 0.307 e. The Bertz CT molecular complexity index is 1040. The highest BCUT2D eigenvalue weighted by molar-refractivity contribution is 5.85. The topological polar surface area (TPSA) is 97.5 Å². The number of rotatable bonds is 8. The maximum atomic E-state index is 11.4. The number of carbonyl (C=O) groups is 1. The molecule has 31 heavy (non-hydrogen) atoms. The van der Waals surface area contributed by atoms with E-state index in [0.717, 1.165) is 42.1 Å². The Labute approximate surface area is 182 Å². The predicted molar refractivity (Wildman–Crippen MR) is 122 cm³/mol. The molecule has 6 nitrogen and oxygen atoms in total. The van der Waals surface area contributed by atoms with E-state index in [1.54, 1.807) is 12.3 Å². The van der Waals surface area contributed by atoms with Crippen LogP contribution in [0.2, 0.25) is 0 Å². The van der Waals surface area contributed by atoms with Gasteiger partial charge in [-0.3, -0.25) is 4.79 Å². The number of hydrogen-bond acceptors (Lipinski definition) is 5. The van der Waals surface area contributed by atoms with Crippen molar-refractivity contribution in [2.45, 2.75) is 19.3 Å². The van der Waals surface area contributed by atoms with Crippen LogP contribution in [0.5, 0.6) is 0 Å². The van der Waals surface area contributed by atoms with Crippen molar-refractivity contribution in [1.29, 1.82) is 0 Å². The Kier molecular flexibility index (Phi) is 6.36. The quantitative estimate of drug-likeness (QED) is 0.555. The first kappa shape index (κ1) is 20.7. The molecule has 0 spiro atoms. The fourth-order valence-corrected chi connectivity index (χ4v) is 4.12. The molecule has 1 aromatic carbocycles. The molecule has 0 saturated carbocycles. The van der Waals surface area contributed by atoms with Crippen LogP contribution < -0.4 is 11.1 Å². The minimum Gasteiger partial charge on any atom is -0.494 e. The number of nitrogens with zero attached hydrogens (tertiary/aromatic N) is 1. The molecule has 1 heterocycles. The molecule has 0 saturated heterocycles. The molecule has 4 N–H and O–H groups in total. The summed E-state index contributed by atoms with van der Waals surface area (Å²) < 4.78 is 5.99. The first-order valence-electron chi connectivity index (χ1n) is 10.6. The summed E-state index contributed by atoms with van der Waals surface area (Å²) in [5.74, 6) is 1.25. The first-order valence-corrected chi connectivity index (χ1v) is 10.6. The van der Waals surface area contributed by atoms with Gasteiger partial charge < -0.3 is 20.9 Å². The Hall–Kier alpha value is -3.54. The molecule has 2 aliphatic rings. The zero-order valence-corrected chi connectivity index (χ0v) is 17.3. The molecule has 1 aromatic heterocycles. The normalized spacial score (nSPS) is 19.4. The third kappa shape index (κ3) is 5.34. The van der Waals surface area contributed by atoms with Gasteiger partial charge in [-0.25, -0.2) is 4.98 Å². The lowest BCUT2D eigenvalue weighted by molar-refractivity contribution is -0.135. The van der Waals surface area contributed by atoms with Crippen molar-refractivity contribution in [2.24, 2.45) is 11.8 Å². The number of hydrogen-bond donors (Lipinski definition) is 3. The van der Waals surface area contributed by atoms with Crippen LogP contribution in [0.1, 0.15) is 24.0 Å². The third-order valence-corrected chi connectivity index (χ3v) is 5.59. The lowest BCUT2D eigenvalue weighted by Crippen LogP contribution is -2.15. The number of nitrogen functional groups attached to an aromatic ring is 1. The number of pyridine rings is 1. The van der Waals surface area contributed by atoms with Crippen LogP contribution >= 0.6 is 0 Å². The van der Waals surface area contributed by atoms with Crippen molar-refractivity contribution in [3.63, 3.8) is 0 Å². The molecule has 0 fully saturated rings. The van der Waals surface area contributed by atoms with E-state index in [1.807, 2.05) is 30.3 Å². The number of aliphatic carboxylic acids is 1. The van der Waals surface area contributed by atoms with Crippen LogP contribution in [-0.4, -0.2) is 29.2 Å². The van der Waals surface area contributed by atoms with Gasteiger partial charge in [-0.15, -0.1) is 0 Å². The Balaban J connectivity index is 1.36. The lowest BCUT2D eigenvalue weighted by Gasteiger charge is -2.23. The molecule has 160 valence electrons. The molecule has 0 radical (unpaired) electrons. The first-order chi connectivity index (χ1) is 15.1. The van der Waals surface area contributed by atoms with Gasteiger partial charge in [0.1, 0.15) is 11.6 Å². The molecule has 6 heteroatoms. The summed E-state index contributed by atoms with van der Waals surface area (Å²) in [5.41, 5.74) is 9.57. The predicted octanol–water partition coefficient (Wildman–Crippen LogP) is 4.28. The van der Waals surface area contributed by atoms with Gasteiger partial charge >= 0.3 is 5.97 Å². The number of allylic oxidation sites excluding steroid dienone is 4. The summed E-state index contributed by atoms with van der Waals surface area (Å²) in [7, 11) is 0. The highest BCUT2D eigenvalue weighted by atomic mass is 16.5. The van der Waals surface area contributed by atoms with Gasteiger partial charge in [0.05, 0.1) is 13.0 Å². The Morgan fingerprint density at radius 1 is 1.26 bits per heavy atom. The smallest absolute Gasteiger partial charge is 0.307 e. The Morgan fingerprint density at radius 3 is 2.97 bits per heavy atom. The number of benzene rings is 1. The van der Waals surface area contributed by atoms with E-state index in [4.69, 9.17) is 10.5 Å². The average Bonchev–Trinajstić information content (AvgIpc) is 2.89. The zero-order valence-electron chi connectivity index (χ0n) is 17.3. The number of carboxylic acids is 1. The van der Waals surface area contributed by atoms with Gasteiger partial charge in [0.25, 0.3) is 0 Å². The summed E-state index contributed by atoms with van der Waals surface area (Å²) in [6.07, 6.45) is 11.8. The Morgan fingerprint density at radius 2 is 2.13 bits per heavy atom. The number of nitrogens with one attached hydrogen (secondary N) is 1. The van der Waals surface area contributed by atoms with E-state index >= 15 is 0 Å². The molecule has 2 aliphatic carbocycles. The fourth-order valence-electron chi connectivity index (χ4n) is 4.12. The van der Waals surface area contributed by atoms with Crippen LogP contribution in [-0.2, 0) is 16.0 Å². The van der Waals surface area contributed by atoms with Gasteiger partial charge in [-0.05, 0) is 53.7 Å². The highest BCUT2D eigenvalue weighted by Crippen LogP contribution is 2.37. The zero-order chi connectivity index (χ0) is 21.6. The van der Waals surface area contributed by atoms with Crippen molar-refractivity contribution in [3.05, 3.63) is 83.8 Å². The van der Waals surface area contributed by atoms with Crippen molar-refractivity contribution in [3.8, 4) is 0 Å². The van der Waals surface area contributed by atoms with Crippen LogP contribution in [0.25, 0.3) is 5.57 Å². The lowest BCUT2D eigenvalue weighted by atomic mass is 9.84. The maximum absolute atomic E-state index is 11.4. The highest BCUT2D eigenvalue weighted by Gasteiger charge is 2.26. The van der Waals surface area contributed by atoms with E-state index in [9.17, 15) is 9.90 Å². The number of anilines is 2. The van der Waals surface area contributed by atoms with E-state index in [1.165, 1.54) is 5.56 Å². The van der Waals surface area contributed by atoms with Gasteiger partial charge in [0.2, 0.25) is 0 Å². The largest absolute Gasteiger partial charge is 0.494 e. The van der Waals surface area contributed by atoms with E-state index in [2.05, 4.69) is 34.6 Å². The molecule has 0 bridgehead atoms. The summed E-state index contributed by atoms with van der Waals surface area (Å²) in [4.78, 5) is 15.6. The van der Waals surface area contributed by atoms with Gasteiger partial charge in [0.15, 0.2) is 0 Å². The molecule has 4 rings (SSSR count). The van der Waals surface area contributed by atoms with Gasteiger partial charge in [-0.1, -0.05) is 36.4 Å². The van der Waals surface area contributed by atoms with Gasteiger partial charge in [0, 0.05) is 30.4 Å². The van der Waals surface area contributed by atoms with Crippen molar-refractivity contribution < 1.29 is 14.6 Å². The number of carboxylic acid groups (broad SMARTS) is 1. The molecule has 2 aromatic rings. The van der Waals surface area contributed by atoms with Crippen LogP contribution in [0.3, 0.4) is 0 Å². The summed E-state index contributed by atoms with van der Waals surface area (Å²) >= 11 is 0. The van der Waals surface area contributed by atoms with E-state index in [0.29, 0.717) is 12.3 Å². The number of aromatic nitrogens is 1. The van der Waals surface area contributed by atoms with E-state index < -0.39 is 5.97 Å². The monoisotopic (exact) mass is 417 g/mol. The summed E-state index contributed by atoms with van der Waals surface area (Å²) in [6.45, 7) is 1.34.